The molecule has 1 aromatic heterocycles. The summed E-state index contributed by atoms with van der Waals surface area (Å²) in [7, 11) is 1.70. The zero-order valence-electron chi connectivity index (χ0n) is 13.2. The molecule has 0 bridgehead atoms. The Morgan fingerprint density at radius 1 is 1.38 bits per heavy atom. The lowest BCUT2D eigenvalue weighted by Crippen LogP contribution is -2.22. The number of aryl methyl sites for hydroxylation is 1. The predicted octanol–water partition coefficient (Wildman–Crippen LogP) is 2.07. The Balaban J connectivity index is 1.88. The molecule has 0 spiro atoms. The van der Waals surface area contributed by atoms with Gasteiger partial charge in [0.25, 0.3) is 0 Å². The molecule has 0 saturated carbocycles. The smallest absolute Gasteiger partial charge is 0.142 e. The van der Waals surface area contributed by atoms with Gasteiger partial charge in [0.05, 0.1) is 24.5 Å². The van der Waals surface area contributed by atoms with E-state index in [2.05, 4.69) is 17.2 Å². The Bertz CT molecular complexity index is 440. The van der Waals surface area contributed by atoms with Gasteiger partial charge in [-0.25, -0.2) is 0 Å². The number of nitrogens with zero attached hydrogens (tertiary/aromatic N) is 1. The second kappa shape index (κ2) is 8.32. The molecule has 0 aliphatic carbocycles. The average Bonchev–Trinajstić information content (AvgIpc) is 2.88. The largest absolute Gasteiger partial charge is 0.489 e. The van der Waals surface area contributed by atoms with E-state index < -0.39 is 0 Å². The van der Waals surface area contributed by atoms with Crippen LogP contribution in [0.2, 0.25) is 0 Å². The van der Waals surface area contributed by atoms with Gasteiger partial charge in [0, 0.05) is 25.9 Å². The van der Waals surface area contributed by atoms with Crippen molar-refractivity contribution in [2.75, 3.05) is 26.9 Å². The molecular formula is C16H26N2O3. The fraction of sp³-hybridized carbons (Fsp3) is 0.688. The first kappa shape index (κ1) is 16.2. The standard InChI is InChI=1S/C16H26N2O3/c1-12-4-7-16(15(18-12)10-17-8-9-19-3)20-11-14-6-5-13(2)21-14/h4,7,13-14,17H,5-6,8-11H2,1-3H3. The van der Waals surface area contributed by atoms with Crippen LogP contribution in [0.3, 0.4) is 0 Å². The van der Waals surface area contributed by atoms with Gasteiger partial charge in [-0.3, -0.25) is 4.98 Å². The van der Waals surface area contributed by atoms with Gasteiger partial charge in [-0.05, 0) is 38.8 Å². The highest BCUT2D eigenvalue weighted by Gasteiger charge is 2.22. The van der Waals surface area contributed by atoms with Crippen LogP contribution in [0.25, 0.3) is 0 Å². The normalized spacial score (nSPS) is 21.7. The van der Waals surface area contributed by atoms with Gasteiger partial charge in [0.15, 0.2) is 0 Å². The van der Waals surface area contributed by atoms with Gasteiger partial charge in [-0.2, -0.15) is 0 Å². The summed E-state index contributed by atoms with van der Waals surface area (Å²) >= 11 is 0. The lowest BCUT2D eigenvalue weighted by atomic mass is 10.2. The van der Waals surface area contributed by atoms with Crippen molar-refractivity contribution in [3.63, 3.8) is 0 Å². The summed E-state index contributed by atoms with van der Waals surface area (Å²) in [6.07, 6.45) is 2.74. The van der Waals surface area contributed by atoms with Crippen LogP contribution in [-0.2, 0) is 16.0 Å². The minimum absolute atomic E-state index is 0.204. The second-order valence-electron chi connectivity index (χ2n) is 5.52. The lowest BCUT2D eigenvalue weighted by molar-refractivity contribution is 0.0261. The van der Waals surface area contributed by atoms with E-state index in [9.17, 15) is 0 Å². The molecule has 118 valence electrons. The fourth-order valence-corrected chi connectivity index (χ4v) is 2.43. The number of rotatable bonds is 8. The first-order chi connectivity index (χ1) is 10.2. The highest BCUT2D eigenvalue weighted by molar-refractivity contribution is 5.29. The van der Waals surface area contributed by atoms with Crippen molar-refractivity contribution < 1.29 is 14.2 Å². The molecule has 0 aromatic carbocycles. The molecule has 21 heavy (non-hydrogen) atoms. The molecule has 2 heterocycles. The fourth-order valence-electron chi connectivity index (χ4n) is 2.43. The van der Waals surface area contributed by atoms with Gasteiger partial charge in [0.2, 0.25) is 0 Å². The van der Waals surface area contributed by atoms with Crippen LogP contribution in [0.5, 0.6) is 5.75 Å². The molecule has 1 aliphatic rings. The number of nitrogens with one attached hydrogen (secondary N) is 1. The van der Waals surface area contributed by atoms with E-state index in [1.807, 2.05) is 19.1 Å². The first-order valence-corrected chi connectivity index (χ1v) is 7.63. The molecule has 1 aromatic rings. The number of ether oxygens (including phenoxy) is 3. The van der Waals surface area contributed by atoms with Crippen LogP contribution in [0.1, 0.15) is 31.2 Å². The molecule has 2 atom stereocenters. The van der Waals surface area contributed by atoms with E-state index in [0.29, 0.717) is 25.9 Å². The van der Waals surface area contributed by atoms with Gasteiger partial charge >= 0.3 is 0 Å². The van der Waals surface area contributed by atoms with Crippen LogP contribution >= 0.6 is 0 Å². The summed E-state index contributed by atoms with van der Waals surface area (Å²) in [5.41, 5.74) is 1.94. The molecule has 1 saturated heterocycles. The summed E-state index contributed by atoms with van der Waals surface area (Å²) in [6.45, 7) is 6.87. The second-order valence-corrected chi connectivity index (χ2v) is 5.52. The molecule has 5 nitrogen and oxygen atoms in total. The van der Waals surface area contributed by atoms with Crippen molar-refractivity contribution in [1.82, 2.24) is 10.3 Å². The molecular weight excluding hydrogens is 268 g/mol. The highest BCUT2D eigenvalue weighted by Crippen LogP contribution is 2.22. The molecule has 1 aliphatic heterocycles. The molecule has 1 fully saturated rings. The Morgan fingerprint density at radius 3 is 2.95 bits per heavy atom. The zero-order chi connectivity index (χ0) is 15.1. The number of pyridine rings is 1. The molecule has 1 N–H and O–H groups in total. The third-order valence-corrected chi connectivity index (χ3v) is 3.59. The zero-order valence-corrected chi connectivity index (χ0v) is 13.2. The summed E-state index contributed by atoms with van der Waals surface area (Å²) in [5, 5.41) is 3.31. The first-order valence-electron chi connectivity index (χ1n) is 7.63. The van der Waals surface area contributed by atoms with E-state index in [-0.39, 0.29) is 6.10 Å². The summed E-state index contributed by atoms with van der Waals surface area (Å²) < 4.78 is 16.7. The summed E-state index contributed by atoms with van der Waals surface area (Å²) in [6, 6.07) is 3.97. The van der Waals surface area contributed by atoms with Gasteiger partial charge in [-0.1, -0.05) is 0 Å². The van der Waals surface area contributed by atoms with Gasteiger partial charge in [-0.15, -0.1) is 0 Å². The number of hydrogen-bond acceptors (Lipinski definition) is 5. The predicted molar refractivity (Wildman–Crippen MR) is 81.6 cm³/mol. The Morgan fingerprint density at radius 2 is 2.24 bits per heavy atom. The van der Waals surface area contributed by atoms with Crippen LogP contribution in [-0.4, -0.2) is 44.1 Å². The lowest BCUT2D eigenvalue weighted by Gasteiger charge is -2.15. The average molecular weight is 294 g/mol. The van der Waals surface area contributed by atoms with Gasteiger partial charge < -0.3 is 19.5 Å². The molecule has 2 unspecified atom stereocenters. The number of methoxy groups -OCH3 is 1. The van der Waals surface area contributed by atoms with Crippen molar-refractivity contribution in [3.8, 4) is 5.75 Å². The van der Waals surface area contributed by atoms with Gasteiger partial charge in [0.1, 0.15) is 12.4 Å². The monoisotopic (exact) mass is 294 g/mol. The van der Waals surface area contributed by atoms with E-state index >= 15 is 0 Å². The maximum Gasteiger partial charge on any atom is 0.142 e. The van der Waals surface area contributed by atoms with Crippen molar-refractivity contribution in [2.45, 2.75) is 45.4 Å². The van der Waals surface area contributed by atoms with Crippen LogP contribution in [0, 0.1) is 6.92 Å². The maximum absolute atomic E-state index is 5.92. The highest BCUT2D eigenvalue weighted by atomic mass is 16.5. The topological polar surface area (TPSA) is 52.6 Å². The van der Waals surface area contributed by atoms with E-state index in [1.165, 1.54) is 0 Å². The third kappa shape index (κ3) is 5.26. The van der Waals surface area contributed by atoms with Crippen LogP contribution < -0.4 is 10.1 Å². The molecule has 5 heteroatoms. The van der Waals surface area contributed by atoms with Crippen LogP contribution in [0.15, 0.2) is 12.1 Å². The van der Waals surface area contributed by atoms with E-state index in [1.54, 1.807) is 7.11 Å². The minimum Gasteiger partial charge on any atom is -0.489 e. The quantitative estimate of drug-likeness (QED) is 0.744. The SMILES string of the molecule is COCCNCc1nc(C)ccc1OCC1CCC(C)O1. The number of hydrogen-bond donors (Lipinski definition) is 1. The van der Waals surface area contributed by atoms with Crippen molar-refractivity contribution in [2.24, 2.45) is 0 Å². The molecule has 0 amide bonds. The number of aromatic nitrogens is 1. The van der Waals surface area contributed by atoms with Crippen LogP contribution in [0.4, 0.5) is 0 Å². The summed E-state index contributed by atoms with van der Waals surface area (Å²) in [5.74, 6) is 0.841. The third-order valence-electron chi connectivity index (χ3n) is 3.59. The summed E-state index contributed by atoms with van der Waals surface area (Å²) in [4.78, 5) is 4.56. The molecule has 2 rings (SSSR count). The maximum atomic E-state index is 5.92. The Labute approximate surface area is 127 Å². The Hall–Kier alpha value is -1.17. The van der Waals surface area contributed by atoms with Crippen molar-refractivity contribution in [1.29, 1.82) is 0 Å². The molecule has 0 radical (unpaired) electrons. The van der Waals surface area contributed by atoms with E-state index in [0.717, 1.165) is 36.5 Å². The van der Waals surface area contributed by atoms with E-state index in [4.69, 9.17) is 14.2 Å². The van der Waals surface area contributed by atoms with Crippen molar-refractivity contribution >= 4 is 0 Å². The van der Waals surface area contributed by atoms with Crippen molar-refractivity contribution in [3.05, 3.63) is 23.5 Å². The Kier molecular flexibility index (Phi) is 6.42. The minimum atomic E-state index is 0.204.